The second kappa shape index (κ2) is 6.74. The minimum Gasteiger partial charge on any atom is -0.396 e. The van der Waals surface area contributed by atoms with Crippen LogP contribution in [0.15, 0.2) is 0 Å². The average molecular weight is 228 g/mol. The van der Waals surface area contributed by atoms with Crippen LogP contribution in [0.3, 0.4) is 0 Å². The van der Waals surface area contributed by atoms with Crippen molar-refractivity contribution >= 4 is 6.03 Å². The lowest BCUT2D eigenvalue weighted by atomic mass is 9.80. The summed E-state index contributed by atoms with van der Waals surface area (Å²) in [5.74, 6) is 0.828. The fraction of sp³-hybridized carbons (Fsp3) is 0.917. The predicted octanol–water partition coefficient (Wildman–Crippen LogP) is 1.45. The molecular weight excluding hydrogens is 204 g/mol. The minimum atomic E-state index is -0.00948. The summed E-state index contributed by atoms with van der Waals surface area (Å²) >= 11 is 0. The van der Waals surface area contributed by atoms with Crippen LogP contribution in [-0.4, -0.2) is 42.8 Å². The highest BCUT2D eigenvalue weighted by atomic mass is 16.3. The lowest BCUT2D eigenvalue weighted by molar-refractivity contribution is 0.132. The number of hydrogen-bond acceptors (Lipinski definition) is 2. The summed E-state index contributed by atoms with van der Waals surface area (Å²) in [5.41, 5.74) is 0. The van der Waals surface area contributed by atoms with Crippen LogP contribution in [0.4, 0.5) is 4.79 Å². The molecule has 2 atom stereocenters. The average Bonchev–Trinajstić information content (AvgIpc) is 2.35. The van der Waals surface area contributed by atoms with Crippen molar-refractivity contribution in [1.82, 2.24) is 10.2 Å². The van der Waals surface area contributed by atoms with Crippen LogP contribution in [0.25, 0.3) is 0 Å². The molecule has 1 rings (SSSR count). The zero-order valence-corrected chi connectivity index (χ0v) is 10.4. The molecule has 1 saturated carbocycles. The third kappa shape index (κ3) is 3.67. The standard InChI is InChI=1S/C12H24N2O2/c1-3-14(2)12(16)13-8-10-6-4-5-7-11(10)9-15/h10-11,15H,3-9H2,1-2H3,(H,13,16). The number of aliphatic hydroxyl groups excluding tert-OH is 1. The van der Waals surface area contributed by atoms with Gasteiger partial charge in [0.25, 0.3) is 0 Å². The summed E-state index contributed by atoms with van der Waals surface area (Å²) in [6.07, 6.45) is 4.66. The largest absolute Gasteiger partial charge is 0.396 e. The number of urea groups is 1. The molecule has 0 heterocycles. The molecule has 2 unspecified atom stereocenters. The van der Waals surface area contributed by atoms with Crippen molar-refractivity contribution in [2.75, 3.05) is 26.7 Å². The van der Waals surface area contributed by atoms with Crippen LogP contribution in [0.2, 0.25) is 0 Å². The predicted molar refractivity (Wildman–Crippen MR) is 64.2 cm³/mol. The van der Waals surface area contributed by atoms with Crippen LogP contribution in [0, 0.1) is 11.8 Å². The Balaban J connectivity index is 2.32. The van der Waals surface area contributed by atoms with Gasteiger partial charge >= 0.3 is 6.03 Å². The van der Waals surface area contributed by atoms with Crippen molar-refractivity contribution in [2.45, 2.75) is 32.6 Å². The quantitative estimate of drug-likeness (QED) is 0.765. The van der Waals surface area contributed by atoms with E-state index in [2.05, 4.69) is 5.32 Å². The molecule has 0 bridgehead atoms. The van der Waals surface area contributed by atoms with Gasteiger partial charge in [0.15, 0.2) is 0 Å². The molecule has 16 heavy (non-hydrogen) atoms. The third-order valence-electron chi connectivity index (χ3n) is 3.64. The van der Waals surface area contributed by atoms with Gasteiger partial charge < -0.3 is 15.3 Å². The van der Waals surface area contributed by atoms with Gasteiger partial charge in [0.2, 0.25) is 0 Å². The molecule has 1 aliphatic carbocycles. The summed E-state index contributed by atoms with van der Waals surface area (Å²) < 4.78 is 0. The van der Waals surface area contributed by atoms with Crippen LogP contribution >= 0.6 is 0 Å². The molecular formula is C12H24N2O2. The zero-order valence-electron chi connectivity index (χ0n) is 10.4. The first kappa shape index (κ1) is 13.3. The Hall–Kier alpha value is -0.770. The second-order valence-electron chi connectivity index (χ2n) is 4.69. The Labute approximate surface area is 98.0 Å². The number of nitrogens with zero attached hydrogens (tertiary/aromatic N) is 1. The SMILES string of the molecule is CCN(C)C(=O)NCC1CCCCC1CO. The molecule has 2 N–H and O–H groups in total. The van der Waals surface area contributed by atoms with Gasteiger partial charge in [-0.15, -0.1) is 0 Å². The van der Waals surface area contributed by atoms with Crippen molar-refractivity contribution in [2.24, 2.45) is 11.8 Å². The lowest BCUT2D eigenvalue weighted by Gasteiger charge is -2.30. The summed E-state index contributed by atoms with van der Waals surface area (Å²) in [6, 6.07) is -0.00948. The number of nitrogens with one attached hydrogen (secondary N) is 1. The number of hydrogen-bond donors (Lipinski definition) is 2. The first-order valence-electron chi connectivity index (χ1n) is 6.28. The van der Waals surface area contributed by atoms with Crippen molar-refractivity contribution in [3.05, 3.63) is 0 Å². The Morgan fingerprint density at radius 2 is 2.00 bits per heavy atom. The van der Waals surface area contributed by atoms with Crippen LogP contribution < -0.4 is 5.32 Å². The van der Waals surface area contributed by atoms with E-state index in [-0.39, 0.29) is 12.6 Å². The van der Waals surface area contributed by atoms with Crippen molar-refractivity contribution in [1.29, 1.82) is 0 Å². The third-order valence-corrected chi connectivity index (χ3v) is 3.64. The molecule has 0 aliphatic heterocycles. The van der Waals surface area contributed by atoms with Gasteiger partial charge in [0.05, 0.1) is 0 Å². The molecule has 0 spiro atoms. The van der Waals surface area contributed by atoms with Crippen molar-refractivity contribution in [3.63, 3.8) is 0 Å². The Morgan fingerprint density at radius 3 is 2.56 bits per heavy atom. The Bertz CT molecular complexity index is 221. The minimum absolute atomic E-state index is 0.00948. The highest BCUT2D eigenvalue weighted by Gasteiger charge is 2.24. The van der Waals surface area contributed by atoms with Gasteiger partial charge in [0.1, 0.15) is 0 Å². The summed E-state index contributed by atoms with van der Waals surface area (Å²) in [5, 5.41) is 12.2. The van der Waals surface area contributed by atoms with E-state index in [0.717, 1.165) is 19.4 Å². The number of carbonyl (C=O) groups excluding carboxylic acids is 1. The number of carbonyl (C=O) groups is 1. The Morgan fingerprint density at radius 1 is 1.38 bits per heavy atom. The lowest BCUT2D eigenvalue weighted by Crippen LogP contribution is -2.41. The summed E-state index contributed by atoms with van der Waals surface area (Å²) in [6.45, 7) is 3.63. The van der Waals surface area contributed by atoms with Gasteiger partial charge in [-0.25, -0.2) is 4.79 Å². The molecule has 0 aromatic rings. The molecule has 0 radical (unpaired) electrons. The zero-order chi connectivity index (χ0) is 12.0. The highest BCUT2D eigenvalue weighted by Crippen LogP contribution is 2.28. The maximum Gasteiger partial charge on any atom is 0.317 e. The topological polar surface area (TPSA) is 52.6 Å². The van der Waals surface area contributed by atoms with E-state index in [9.17, 15) is 9.90 Å². The number of amides is 2. The maximum absolute atomic E-state index is 11.6. The van der Waals surface area contributed by atoms with Gasteiger partial charge in [-0.1, -0.05) is 12.8 Å². The molecule has 4 nitrogen and oxygen atoms in total. The first-order chi connectivity index (χ1) is 7.69. The van der Waals surface area contributed by atoms with Gasteiger partial charge in [-0.3, -0.25) is 0 Å². The molecule has 0 aromatic carbocycles. The monoisotopic (exact) mass is 228 g/mol. The molecule has 0 aromatic heterocycles. The van der Waals surface area contributed by atoms with E-state index in [4.69, 9.17) is 0 Å². The van der Waals surface area contributed by atoms with E-state index in [0.29, 0.717) is 18.4 Å². The van der Waals surface area contributed by atoms with Crippen molar-refractivity contribution < 1.29 is 9.90 Å². The fourth-order valence-corrected chi connectivity index (χ4v) is 2.29. The maximum atomic E-state index is 11.6. The van der Waals surface area contributed by atoms with Gasteiger partial charge in [-0.05, 0) is 31.6 Å². The van der Waals surface area contributed by atoms with E-state index < -0.39 is 0 Å². The van der Waals surface area contributed by atoms with E-state index in [1.165, 1.54) is 12.8 Å². The molecule has 1 aliphatic rings. The van der Waals surface area contributed by atoms with E-state index in [1.807, 2.05) is 6.92 Å². The summed E-state index contributed by atoms with van der Waals surface area (Å²) in [7, 11) is 1.79. The second-order valence-corrected chi connectivity index (χ2v) is 4.69. The molecule has 0 saturated heterocycles. The smallest absolute Gasteiger partial charge is 0.317 e. The van der Waals surface area contributed by atoms with Gasteiger partial charge in [-0.2, -0.15) is 0 Å². The van der Waals surface area contributed by atoms with Crippen molar-refractivity contribution in [3.8, 4) is 0 Å². The molecule has 2 amide bonds. The molecule has 94 valence electrons. The molecule has 1 fully saturated rings. The van der Waals surface area contributed by atoms with Crippen LogP contribution in [0.5, 0.6) is 0 Å². The number of rotatable bonds is 4. The van der Waals surface area contributed by atoms with Crippen LogP contribution in [-0.2, 0) is 0 Å². The normalized spacial score (nSPS) is 25.2. The van der Waals surface area contributed by atoms with E-state index >= 15 is 0 Å². The Kier molecular flexibility index (Phi) is 5.60. The molecule has 4 heteroatoms. The number of aliphatic hydroxyl groups is 1. The summed E-state index contributed by atoms with van der Waals surface area (Å²) in [4.78, 5) is 13.2. The van der Waals surface area contributed by atoms with Gasteiger partial charge in [0, 0.05) is 26.7 Å². The van der Waals surface area contributed by atoms with Crippen LogP contribution in [0.1, 0.15) is 32.6 Å². The first-order valence-corrected chi connectivity index (χ1v) is 6.28. The highest BCUT2D eigenvalue weighted by molar-refractivity contribution is 5.73. The fourth-order valence-electron chi connectivity index (χ4n) is 2.29. The van der Waals surface area contributed by atoms with E-state index in [1.54, 1.807) is 11.9 Å².